The normalized spacial score (nSPS) is 13.0. The first-order chi connectivity index (χ1) is 13.5. The molecule has 1 amide bonds. The molecule has 1 unspecified atom stereocenters. The predicted octanol–water partition coefficient (Wildman–Crippen LogP) is 3.11. The Hall–Kier alpha value is -3.03. The zero-order valence-electron chi connectivity index (χ0n) is 14.3. The molecule has 0 radical (unpaired) electrons. The lowest BCUT2D eigenvalue weighted by molar-refractivity contribution is -0.215. The van der Waals surface area contributed by atoms with Gasteiger partial charge in [-0.2, -0.15) is 8.78 Å². The molecule has 158 valence electrons. The summed E-state index contributed by atoms with van der Waals surface area (Å²) in [6.07, 6.45) is 0. The van der Waals surface area contributed by atoms with Crippen LogP contribution >= 0.6 is 0 Å². The van der Waals surface area contributed by atoms with Gasteiger partial charge in [-0.05, 0) is 25.1 Å². The van der Waals surface area contributed by atoms with Crippen LogP contribution in [0.3, 0.4) is 0 Å². The molecule has 13 heteroatoms. The molecule has 0 aliphatic rings. The second-order valence-electron chi connectivity index (χ2n) is 5.80. The lowest BCUT2D eigenvalue weighted by Gasteiger charge is -2.23. The monoisotopic (exact) mass is 426 g/mol. The number of amides is 1. The largest absolute Gasteiger partial charge is 0.484 e. The topological polar surface area (TPSA) is 100 Å². The highest BCUT2D eigenvalue weighted by atomic mass is 19.2. The van der Waals surface area contributed by atoms with Crippen LogP contribution in [0, 0.1) is 34.9 Å². The molecule has 2 aromatic carbocycles. The zero-order chi connectivity index (χ0) is 21.9. The fourth-order valence-electron chi connectivity index (χ4n) is 1.98. The van der Waals surface area contributed by atoms with Crippen LogP contribution in [0.2, 0.25) is 0 Å². The van der Waals surface area contributed by atoms with E-state index in [9.17, 15) is 36.2 Å². The van der Waals surface area contributed by atoms with E-state index in [-0.39, 0.29) is 11.4 Å². The van der Waals surface area contributed by atoms with Crippen LogP contribution in [-0.2, 0) is 9.78 Å². The van der Waals surface area contributed by atoms with E-state index >= 15 is 0 Å². The number of hydrogen-bond donors (Lipinski definition) is 4. The molecule has 0 heterocycles. The SMILES string of the molecule is CC(O)(COc1c(F)c(F)c(F)c(F)c1F)C(=O)Nc1ccc(NOO)c(F)c1. The van der Waals surface area contributed by atoms with Crippen molar-refractivity contribution in [3.63, 3.8) is 0 Å². The molecule has 0 spiro atoms. The van der Waals surface area contributed by atoms with Crippen molar-refractivity contribution in [2.24, 2.45) is 0 Å². The number of hydrogen-bond acceptors (Lipinski definition) is 6. The number of benzene rings is 2. The van der Waals surface area contributed by atoms with Gasteiger partial charge in [0.1, 0.15) is 6.61 Å². The summed E-state index contributed by atoms with van der Waals surface area (Å²) in [7, 11) is 0. The fourth-order valence-corrected chi connectivity index (χ4v) is 1.98. The lowest BCUT2D eigenvalue weighted by atomic mass is 10.1. The maximum atomic E-state index is 13.7. The van der Waals surface area contributed by atoms with Gasteiger partial charge in [0.15, 0.2) is 17.2 Å². The smallest absolute Gasteiger partial charge is 0.259 e. The fraction of sp³-hybridized carbons (Fsp3) is 0.188. The van der Waals surface area contributed by atoms with Crippen LogP contribution in [-0.4, -0.2) is 28.5 Å². The minimum absolute atomic E-state index is 0.188. The van der Waals surface area contributed by atoms with E-state index in [0.29, 0.717) is 0 Å². The number of anilines is 2. The summed E-state index contributed by atoms with van der Waals surface area (Å²) in [6.45, 7) is -0.391. The highest BCUT2D eigenvalue weighted by Gasteiger charge is 2.34. The Labute approximate surface area is 158 Å². The van der Waals surface area contributed by atoms with Gasteiger partial charge in [0.25, 0.3) is 5.91 Å². The second kappa shape index (κ2) is 8.55. The molecular formula is C16H12F6N2O5. The minimum Gasteiger partial charge on any atom is -0.484 e. The molecule has 0 saturated heterocycles. The zero-order valence-corrected chi connectivity index (χ0v) is 14.3. The Morgan fingerprint density at radius 2 is 1.59 bits per heavy atom. The number of carbonyl (C=O) groups is 1. The van der Waals surface area contributed by atoms with E-state index in [1.54, 1.807) is 5.48 Å². The van der Waals surface area contributed by atoms with E-state index in [0.717, 1.165) is 25.1 Å². The summed E-state index contributed by atoms with van der Waals surface area (Å²) in [4.78, 5) is 15.6. The third kappa shape index (κ3) is 4.70. The Balaban J connectivity index is 2.14. The Morgan fingerprint density at radius 1 is 1.03 bits per heavy atom. The van der Waals surface area contributed by atoms with E-state index in [2.05, 4.69) is 15.0 Å². The summed E-state index contributed by atoms with van der Waals surface area (Å²) < 4.78 is 84.5. The Bertz CT molecular complexity index is 911. The van der Waals surface area contributed by atoms with E-state index in [1.807, 2.05) is 0 Å². The molecule has 1 atom stereocenters. The molecule has 2 aromatic rings. The van der Waals surface area contributed by atoms with Gasteiger partial charge in [0.2, 0.25) is 29.1 Å². The highest BCUT2D eigenvalue weighted by molar-refractivity contribution is 5.97. The van der Waals surface area contributed by atoms with Crippen molar-refractivity contribution >= 4 is 17.3 Å². The molecule has 0 aromatic heterocycles. The molecule has 2 rings (SSSR count). The quantitative estimate of drug-likeness (QED) is 0.179. The van der Waals surface area contributed by atoms with Crippen LogP contribution in [0.4, 0.5) is 37.7 Å². The molecule has 0 saturated carbocycles. The number of aliphatic hydroxyl groups is 1. The molecule has 0 fully saturated rings. The summed E-state index contributed by atoms with van der Waals surface area (Å²) in [6, 6.07) is 2.94. The van der Waals surface area contributed by atoms with Crippen LogP contribution < -0.4 is 15.5 Å². The Morgan fingerprint density at radius 3 is 2.10 bits per heavy atom. The molecule has 7 nitrogen and oxygen atoms in total. The second-order valence-corrected chi connectivity index (χ2v) is 5.80. The van der Waals surface area contributed by atoms with Gasteiger partial charge >= 0.3 is 0 Å². The molecule has 0 bridgehead atoms. The van der Waals surface area contributed by atoms with Crippen molar-refractivity contribution in [1.82, 2.24) is 0 Å². The van der Waals surface area contributed by atoms with Gasteiger partial charge in [0, 0.05) is 5.69 Å². The Kier molecular flexibility index (Phi) is 6.56. The summed E-state index contributed by atoms with van der Waals surface area (Å²) in [5.74, 6) is -15.4. The van der Waals surface area contributed by atoms with Crippen LogP contribution in [0.1, 0.15) is 6.92 Å². The standard InChI is InChI=1S/C16H12F6N2O5/c1-16(26,5-28-14-12(21)10(19)9(18)11(20)13(14)22)15(25)23-6-2-3-8(24-29-27)7(17)4-6/h2-4,24,26-27H,5H2,1H3,(H,23,25). The minimum atomic E-state index is -2.53. The highest BCUT2D eigenvalue weighted by Crippen LogP contribution is 2.30. The third-order valence-electron chi connectivity index (χ3n) is 3.54. The van der Waals surface area contributed by atoms with Crippen LogP contribution in [0.5, 0.6) is 5.75 Å². The van der Waals surface area contributed by atoms with Crippen molar-refractivity contribution < 1.29 is 51.2 Å². The van der Waals surface area contributed by atoms with E-state index in [1.165, 1.54) is 0 Å². The van der Waals surface area contributed by atoms with Gasteiger partial charge in [-0.15, -0.1) is 4.99 Å². The first-order valence-corrected chi connectivity index (χ1v) is 7.53. The van der Waals surface area contributed by atoms with Crippen molar-refractivity contribution in [2.75, 3.05) is 17.4 Å². The van der Waals surface area contributed by atoms with Crippen molar-refractivity contribution in [2.45, 2.75) is 12.5 Å². The van der Waals surface area contributed by atoms with Crippen LogP contribution in [0.15, 0.2) is 18.2 Å². The van der Waals surface area contributed by atoms with Gasteiger partial charge < -0.3 is 15.2 Å². The molecule has 0 aliphatic carbocycles. The maximum Gasteiger partial charge on any atom is 0.259 e. The average molecular weight is 426 g/mol. The van der Waals surface area contributed by atoms with Gasteiger partial charge in [-0.1, -0.05) is 0 Å². The number of rotatable bonds is 7. The number of ether oxygens (including phenoxy) is 1. The molecule has 4 N–H and O–H groups in total. The van der Waals surface area contributed by atoms with E-state index in [4.69, 9.17) is 5.26 Å². The predicted molar refractivity (Wildman–Crippen MR) is 84.7 cm³/mol. The first-order valence-electron chi connectivity index (χ1n) is 7.53. The average Bonchev–Trinajstić information content (AvgIpc) is 2.67. The van der Waals surface area contributed by atoms with Gasteiger partial charge in [0.05, 0.1) is 5.69 Å². The summed E-state index contributed by atoms with van der Waals surface area (Å²) in [5, 5.41) is 20.3. The van der Waals surface area contributed by atoms with Crippen LogP contribution in [0.25, 0.3) is 0 Å². The number of halogens is 6. The van der Waals surface area contributed by atoms with Gasteiger partial charge in [-0.3, -0.25) is 4.79 Å². The number of carbonyl (C=O) groups excluding carboxylic acids is 1. The van der Waals surface area contributed by atoms with Crippen molar-refractivity contribution in [3.05, 3.63) is 53.1 Å². The van der Waals surface area contributed by atoms with Crippen molar-refractivity contribution in [3.8, 4) is 5.75 Å². The molecule has 29 heavy (non-hydrogen) atoms. The first kappa shape index (κ1) is 22.3. The molecular weight excluding hydrogens is 414 g/mol. The summed E-state index contributed by atoms with van der Waals surface area (Å²) >= 11 is 0. The van der Waals surface area contributed by atoms with Gasteiger partial charge in [-0.25, -0.2) is 28.3 Å². The van der Waals surface area contributed by atoms with E-state index < -0.39 is 58.8 Å². The number of nitrogens with one attached hydrogen (secondary N) is 2. The third-order valence-corrected chi connectivity index (χ3v) is 3.54. The van der Waals surface area contributed by atoms with Crippen molar-refractivity contribution in [1.29, 1.82) is 0 Å². The maximum absolute atomic E-state index is 13.7. The summed E-state index contributed by atoms with van der Waals surface area (Å²) in [5.41, 5.74) is -1.22. The lowest BCUT2D eigenvalue weighted by Crippen LogP contribution is -2.45. The molecule has 0 aliphatic heterocycles.